The number of nitrogens with one attached hydrogen (secondary N) is 2. The molecular weight excluding hydrogens is 318 g/mol. The Morgan fingerprint density at radius 3 is 2.68 bits per heavy atom. The molecule has 0 fully saturated rings. The number of aliphatic hydroxyl groups is 1. The van der Waals surface area contributed by atoms with E-state index in [1.807, 2.05) is 6.92 Å². The third-order valence-electron chi connectivity index (χ3n) is 2.97. The Labute approximate surface area is 132 Å². The van der Waals surface area contributed by atoms with Gasteiger partial charge in [0.1, 0.15) is 5.75 Å². The van der Waals surface area contributed by atoms with Crippen LogP contribution in [0.25, 0.3) is 0 Å². The van der Waals surface area contributed by atoms with Crippen LogP contribution in [0.4, 0.5) is 19.3 Å². The lowest BCUT2D eigenvalue weighted by molar-refractivity contribution is -0.0497. The largest absolute Gasteiger partial charge is 0.433 e. The van der Waals surface area contributed by atoms with Crippen LogP contribution < -0.4 is 15.4 Å². The standard InChI is InChI=1S/C14H19ClF2N2O3/c1-3-6-14(2,8-20)19-13(21)18-9-4-5-11(10(15)7-9)22-12(16)17/h4-5,7,12,20H,3,6,8H2,1-2H3,(H2,18,19,21). The molecule has 0 aliphatic heterocycles. The Morgan fingerprint density at radius 2 is 2.18 bits per heavy atom. The van der Waals surface area contributed by atoms with E-state index in [1.54, 1.807) is 6.92 Å². The number of aliphatic hydroxyl groups excluding tert-OH is 1. The van der Waals surface area contributed by atoms with Gasteiger partial charge in [0.05, 0.1) is 17.2 Å². The minimum Gasteiger partial charge on any atom is -0.433 e. The first-order valence-corrected chi connectivity index (χ1v) is 7.12. The molecule has 8 heteroatoms. The van der Waals surface area contributed by atoms with Crippen molar-refractivity contribution in [2.75, 3.05) is 11.9 Å². The van der Waals surface area contributed by atoms with Crippen LogP contribution in [0.2, 0.25) is 5.02 Å². The smallest absolute Gasteiger partial charge is 0.387 e. The van der Waals surface area contributed by atoms with Crippen LogP contribution >= 0.6 is 11.6 Å². The summed E-state index contributed by atoms with van der Waals surface area (Å²) in [5.74, 6) is -0.172. The number of anilines is 1. The Kier molecular flexibility index (Phi) is 6.83. The second-order valence-electron chi connectivity index (χ2n) is 5.07. The van der Waals surface area contributed by atoms with Crippen molar-refractivity contribution in [1.82, 2.24) is 5.32 Å². The lowest BCUT2D eigenvalue weighted by Gasteiger charge is -2.28. The maximum Gasteiger partial charge on any atom is 0.387 e. The molecule has 0 saturated heterocycles. The van der Waals surface area contributed by atoms with Gasteiger partial charge < -0.3 is 20.5 Å². The summed E-state index contributed by atoms with van der Waals surface area (Å²) in [6.07, 6.45) is 1.40. The second-order valence-corrected chi connectivity index (χ2v) is 5.48. The highest BCUT2D eigenvalue weighted by atomic mass is 35.5. The maximum absolute atomic E-state index is 12.1. The Hall–Kier alpha value is -1.60. The Bertz CT molecular complexity index is 517. The average Bonchev–Trinajstić information content (AvgIpc) is 2.41. The van der Waals surface area contributed by atoms with Gasteiger partial charge in [-0.1, -0.05) is 24.9 Å². The van der Waals surface area contributed by atoms with E-state index in [9.17, 15) is 18.7 Å². The van der Waals surface area contributed by atoms with Gasteiger partial charge >= 0.3 is 12.6 Å². The first-order chi connectivity index (χ1) is 10.3. The van der Waals surface area contributed by atoms with Gasteiger partial charge in [-0.2, -0.15) is 8.78 Å². The molecule has 0 spiro atoms. The number of benzene rings is 1. The molecule has 3 N–H and O–H groups in total. The topological polar surface area (TPSA) is 70.6 Å². The fourth-order valence-electron chi connectivity index (χ4n) is 1.94. The predicted molar refractivity (Wildman–Crippen MR) is 80.6 cm³/mol. The zero-order chi connectivity index (χ0) is 16.8. The quantitative estimate of drug-likeness (QED) is 0.712. The van der Waals surface area contributed by atoms with Crippen molar-refractivity contribution >= 4 is 23.3 Å². The molecule has 0 radical (unpaired) electrons. The third-order valence-corrected chi connectivity index (χ3v) is 3.27. The van der Waals surface area contributed by atoms with Crippen molar-refractivity contribution in [3.63, 3.8) is 0 Å². The summed E-state index contributed by atoms with van der Waals surface area (Å²) in [5, 5.41) is 14.5. The number of halogens is 3. The van der Waals surface area contributed by atoms with E-state index in [0.29, 0.717) is 12.1 Å². The zero-order valence-corrected chi connectivity index (χ0v) is 13.1. The lowest BCUT2D eigenvalue weighted by Crippen LogP contribution is -2.50. The van der Waals surface area contributed by atoms with Gasteiger partial charge in [-0.3, -0.25) is 0 Å². The molecule has 22 heavy (non-hydrogen) atoms. The molecule has 5 nitrogen and oxygen atoms in total. The summed E-state index contributed by atoms with van der Waals surface area (Å²) >= 11 is 5.80. The van der Waals surface area contributed by atoms with E-state index in [-0.39, 0.29) is 17.4 Å². The van der Waals surface area contributed by atoms with Gasteiger partial charge in [0.15, 0.2) is 0 Å². The molecule has 124 valence electrons. The van der Waals surface area contributed by atoms with Crippen molar-refractivity contribution in [3.05, 3.63) is 23.2 Å². The number of rotatable bonds is 7. The number of urea groups is 1. The number of ether oxygens (including phenoxy) is 1. The normalized spacial score (nSPS) is 13.6. The SMILES string of the molecule is CCCC(C)(CO)NC(=O)Nc1ccc(OC(F)F)c(Cl)c1. The van der Waals surface area contributed by atoms with Crippen LogP contribution in [0, 0.1) is 0 Å². The van der Waals surface area contributed by atoms with Crippen molar-refractivity contribution < 1.29 is 23.4 Å². The predicted octanol–water partition coefficient (Wildman–Crippen LogP) is 3.61. The minimum absolute atomic E-state index is 0.0448. The summed E-state index contributed by atoms with van der Waals surface area (Å²) in [7, 11) is 0. The van der Waals surface area contributed by atoms with Gasteiger partial charge in [-0.25, -0.2) is 4.79 Å². The molecule has 0 aliphatic carbocycles. The summed E-state index contributed by atoms with van der Waals surface area (Å²) in [6, 6.07) is 3.40. The number of hydrogen-bond acceptors (Lipinski definition) is 3. The van der Waals surface area contributed by atoms with Crippen LogP contribution in [-0.4, -0.2) is 29.9 Å². The number of alkyl halides is 2. The summed E-state index contributed by atoms with van der Waals surface area (Å²) < 4.78 is 28.5. The molecule has 2 amide bonds. The van der Waals surface area contributed by atoms with Crippen LogP contribution in [-0.2, 0) is 0 Å². The van der Waals surface area contributed by atoms with E-state index >= 15 is 0 Å². The van der Waals surface area contributed by atoms with Gasteiger partial charge in [0.2, 0.25) is 0 Å². The van der Waals surface area contributed by atoms with E-state index in [4.69, 9.17) is 11.6 Å². The molecule has 1 aromatic rings. The van der Waals surface area contributed by atoms with Gasteiger partial charge in [-0.15, -0.1) is 0 Å². The van der Waals surface area contributed by atoms with Gasteiger partial charge in [0.25, 0.3) is 0 Å². The molecule has 1 rings (SSSR count). The van der Waals surface area contributed by atoms with E-state index in [1.165, 1.54) is 18.2 Å². The van der Waals surface area contributed by atoms with Crippen LogP contribution in [0.1, 0.15) is 26.7 Å². The first kappa shape index (κ1) is 18.4. The monoisotopic (exact) mass is 336 g/mol. The second kappa shape index (κ2) is 8.14. The molecule has 1 unspecified atom stereocenters. The zero-order valence-electron chi connectivity index (χ0n) is 12.3. The van der Waals surface area contributed by atoms with Crippen LogP contribution in [0.15, 0.2) is 18.2 Å². The number of amides is 2. The van der Waals surface area contributed by atoms with Crippen molar-refractivity contribution in [3.8, 4) is 5.75 Å². The first-order valence-electron chi connectivity index (χ1n) is 6.74. The molecule has 0 aromatic heterocycles. The Balaban J connectivity index is 2.70. The minimum atomic E-state index is -2.97. The molecule has 0 saturated carbocycles. The third kappa shape index (κ3) is 5.65. The summed E-state index contributed by atoms with van der Waals surface area (Å²) in [6.45, 7) is 0.493. The molecule has 0 aliphatic rings. The van der Waals surface area contributed by atoms with Crippen molar-refractivity contribution in [2.24, 2.45) is 0 Å². The molecule has 1 aromatic carbocycles. The molecular formula is C14H19ClF2N2O3. The fourth-order valence-corrected chi connectivity index (χ4v) is 2.16. The summed E-state index contributed by atoms with van der Waals surface area (Å²) in [4.78, 5) is 11.9. The van der Waals surface area contributed by atoms with E-state index in [2.05, 4.69) is 15.4 Å². The number of carbonyl (C=O) groups is 1. The average molecular weight is 337 g/mol. The molecule has 0 bridgehead atoms. The maximum atomic E-state index is 12.1. The summed E-state index contributed by atoms with van der Waals surface area (Å²) in [5.41, 5.74) is -0.414. The van der Waals surface area contributed by atoms with Crippen molar-refractivity contribution in [1.29, 1.82) is 0 Å². The Morgan fingerprint density at radius 1 is 1.50 bits per heavy atom. The number of carbonyl (C=O) groups excluding carboxylic acids is 1. The van der Waals surface area contributed by atoms with Gasteiger partial charge in [0, 0.05) is 5.69 Å². The van der Waals surface area contributed by atoms with Crippen LogP contribution in [0.3, 0.4) is 0 Å². The highest BCUT2D eigenvalue weighted by Crippen LogP contribution is 2.29. The van der Waals surface area contributed by atoms with E-state index in [0.717, 1.165) is 6.42 Å². The highest BCUT2D eigenvalue weighted by Gasteiger charge is 2.24. The highest BCUT2D eigenvalue weighted by molar-refractivity contribution is 6.32. The fraction of sp³-hybridized carbons (Fsp3) is 0.500. The molecule has 1 atom stereocenters. The van der Waals surface area contributed by atoms with Gasteiger partial charge in [-0.05, 0) is 31.5 Å². The van der Waals surface area contributed by atoms with E-state index < -0.39 is 18.2 Å². The van der Waals surface area contributed by atoms with Crippen molar-refractivity contribution in [2.45, 2.75) is 38.8 Å². The van der Waals surface area contributed by atoms with Crippen LogP contribution in [0.5, 0.6) is 5.75 Å². The lowest BCUT2D eigenvalue weighted by atomic mass is 9.98. The number of hydrogen-bond donors (Lipinski definition) is 3. The molecule has 0 heterocycles.